The van der Waals surface area contributed by atoms with Crippen molar-refractivity contribution in [2.24, 2.45) is 5.73 Å². The maximum absolute atomic E-state index is 12.5. The Morgan fingerprint density at radius 3 is 2.63 bits per heavy atom. The summed E-state index contributed by atoms with van der Waals surface area (Å²) in [5.74, 6) is 0.436. The quantitative estimate of drug-likeness (QED) is 0.882. The van der Waals surface area contributed by atoms with Crippen LogP contribution in [0.5, 0.6) is 0 Å². The first kappa shape index (κ1) is 15.0. The van der Waals surface area contributed by atoms with Gasteiger partial charge in [0.2, 0.25) is 10.0 Å². The van der Waals surface area contributed by atoms with E-state index in [-0.39, 0.29) is 22.2 Å². The van der Waals surface area contributed by atoms with Crippen molar-refractivity contribution in [3.8, 4) is 0 Å². The number of hydrogen-bond donors (Lipinski definition) is 1. The van der Waals surface area contributed by atoms with Crippen molar-refractivity contribution in [2.75, 3.05) is 20.3 Å². The Morgan fingerprint density at radius 2 is 2.11 bits per heavy atom. The number of nitrogens with zero attached hydrogens (tertiary/aromatic N) is 1. The number of nitrogens with two attached hydrogens (primary N) is 1. The van der Waals surface area contributed by atoms with E-state index in [1.807, 2.05) is 0 Å². The minimum atomic E-state index is -3.58. The van der Waals surface area contributed by atoms with Crippen LogP contribution in [0.25, 0.3) is 0 Å². The summed E-state index contributed by atoms with van der Waals surface area (Å²) in [6.45, 7) is 1.34. The molecule has 6 nitrogen and oxygen atoms in total. The molecule has 0 amide bonds. The van der Waals surface area contributed by atoms with Crippen LogP contribution in [-0.4, -0.2) is 39.0 Å². The van der Waals surface area contributed by atoms with Gasteiger partial charge in [0.1, 0.15) is 10.7 Å². The first-order valence-electron chi connectivity index (χ1n) is 6.01. The van der Waals surface area contributed by atoms with Gasteiger partial charge < -0.3 is 14.9 Å². The molecule has 2 heterocycles. The molecule has 1 aromatic heterocycles. The van der Waals surface area contributed by atoms with E-state index in [4.69, 9.17) is 14.9 Å². The predicted molar refractivity (Wildman–Crippen MR) is 73.1 cm³/mol. The van der Waals surface area contributed by atoms with Gasteiger partial charge in [0, 0.05) is 32.4 Å². The van der Waals surface area contributed by atoms with Crippen LogP contribution in [-0.2, 0) is 21.3 Å². The molecule has 1 saturated heterocycles. The maximum atomic E-state index is 12.5. The van der Waals surface area contributed by atoms with Crippen molar-refractivity contribution >= 4 is 26.0 Å². The summed E-state index contributed by atoms with van der Waals surface area (Å²) in [5.41, 5.74) is 5.45. The van der Waals surface area contributed by atoms with Crippen LogP contribution in [0.2, 0.25) is 0 Å². The molecule has 0 spiro atoms. The number of ether oxygens (including phenoxy) is 1. The molecule has 2 rings (SSSR count). The van der Waals surface area contributed by atoms with E-state index < -0.39 is 10.0 Å². The summed E-state index contributed by atoms with van der Waals surface area (Å²) >= 11 is 3.13. The van der Waals surface area contributed by atoms with Crippen molar-refractivity contribution in [3.05, 3.63) is 16.5 Å². The second kappa shape index (κ2) is 5.92. The van der Waals surface area contributed by atoms with Gasteiger partial charge in [-0.25, -0.2) is 8.42 Å². The lowest BCUT2D eigenvalue weighted by Crippen LogP contribution is -2.40. The summed E-state index contributed by atoms with van der Waals surface area (Å²) < 4.78 is 37.2. The Morgan fingerprint density at radius 1 is 1.47 bits per heavy atom. The molecule has 0 bridgehead atoms. The highest BCUT2D eigenvalue weighted by atomic mass is 79.9. The Hall–Kier alpha value is -0.410. The molecule has 0 aliphatic carbocycles. The van der Waals surface area contributed by atoms with Gasteiger partial charge in [0.15, 0.2) is 4.67 Å². The Labute approximate surface area is 121 Å². The number of sulfonamides is 1. The van der Waals surface area contributed by atoms with Crippen LogP contribution in [0.1, 0.15) is 18.6 Å². The van der Waals surface area contributed by atoms with E-state index in [1.54, 1.807) is 7.05 Å². The summed E-state index contributed by atoms with van der Waals surface area (Å²) in [6.07, 6.45) is 1.41. The molecule has 19 heavy (non-hydrogen) atoms. The van der Waals surface area contributed by atoms with Gasteiger partial charge in [-0.2, -0.15) is 4.31 Å². The minimum Gasteiger partial charge on any atom is -0.452 e. The fraction of sp³-hybridized carbons (Fsp3) is 0.636. The summed E-state index contributed by atoms with van der Waals surface area (Å²) in [7, 11) is -1.99. The number of halogens is 1. The summed E-state index contributed by atoms with van der Waals surface area (Å²) in [5, 5.41) is 0. The molecule has 1 aromatic rings. The molecule has 0 saturated carbocycles. The Bertz CT molecular complexity index is 537. The highest BCUT2D eigenvalue weighted by molar-refractivity contribution is 9.10. The molecular formula is C11H17BrN2O4S. The zero-order valence-electron chi connectivity index (χ0n) is 10.6. The normalized spacial score (nSPS) is 18.1. The molecule has 0 radical (unpaired) electrons. The zero-order chi connectivity index (χ0) is 14.0. The monoisotopic (exact) mass is 352 g/mol. The topological polar surface area (TPSA) is 85.8 Å². The van der Waals surface area contributed by atoms with E-state index >= 15 is 0 Å². The molecule has 2 N–H and O–H groups in total. The smallest absolute Gasteiger partial charge is 0.247 e. The van der Waals surface area contributed by atoms with Crippen LogP contribution in [0.4, 0.5) is 0 Å². The second-order valence-electron chi connectivity index (χ2n) is 4.42. The molecule has 1 fully saturated rings. The molecule has 108 valence electrons. The van der Waals surface area contributed by atoms with Crippen molar-refractivity contribution in [3.63, 3.8) is 0 Å². The maximum Gasteiger partial charge on any atom is 0.247 e. The molecular weight excluding hydrogens is 336 g/mol. The lowest BCUT2D eigenvalue weighted by Gasteiger charge is -2.30. The SMILES string of the molecule is CN(C1CCOCC1)S(=O)(=O)c1cc(CN)oc1Br. The third-order valence-corrected chi connectivity index (χ3v) is 6.04. The number of rotatable bonds is 4. The highest BCUT2D eigenvalue weighted by Crippen LogP contribution is 2.30. The van der Waals surface area contributed by atoms with E-state index in [0.29, 0.717) is 31.8 Å². The Kier molecular flexibility index (Phi) is 4.67. The van der Waals surface area contributed by atoms with Crippen molar-refractivity contribution in [1.82, 2.24) is 4.31 Å². The molecule has 0 aromatic carbocycles. The van der Waals surface area contributed by atoms with Crippen LogP contribution >= 0.6 is 15.9 Å². The van der Waals surface area contributed by atoms with Gasteiger partial charge in [-0.1, -0.05) is 0 Å². The lowest BCUT2D eigenvalue weighted by molar-refractivity contribution is 0.0632. The van der Waals surface area contributed by atoms with Crippen LogP contribution in [0.3, 0.4) is 0 Å². The fourth-order valence-corrected chi connectivity index (χ4v) is 4.45. The molecule has 1 aliphatic heterocycles. The van der Waals surface area contributed by atoms with Crippen LogP contribution < -0.4 is 5.73 Å². The summed E-state index contributed by atoms with van der Waals surface area (Å²) in [6, 6.07) is 1.43. The van der Waals surface area contributed by atoms with Crippen LogP contribution in [0.15, 0.2) is 20.0 Å². The molecule has 0 unspecified atom stereocenters. The number of furan rings is 1. The Balaban J connectivity index is 2.27. The largest absolute Gasteiger partial charge is 0.452 e. The first-order chi connectivity index (χ1) is 8.96. The van der Waals surface area contributed by atoms with Crippen molar-refractivity contribution in [1.29, 1.82) is 0 Å². The van der Waals surface area contributed by atoms with Gasteiger partial charge >= 0.3 is 0 Å². The fourth-order valence-electron chi connectivity index (χ4n) is 2.07. The summed E-state index contributed by atoms with van der Waals surface area (Å²) in [4.78, 5) is 0.127. The van der Waals surface area contributed by atoms with E-state index in [1.165, 1.54) is 10.4 Å². The van der Waals surface area contributed by atoms with Gasteiger partial charge in [-0.05, 0) is 28.8 Å². The van der Waals surface area contributed by atoms with E-state index in [9.17, 15) is 8.42 Å². The van der Waals surface area contributed by atoms with Gasteiger partial charge in [0.25, 0.3) is 0 Å². The van der Waals surface area contributed by atoms with Gasteiger partial charge in [0.05, 0.1) is 6.54 Å². The molecule has 8 heteroatoms. The second-order valence-corrected chi connectivity index (χ2v) is 7.11. The number of hydrogen-bond acceptors (Lipinski definition) is 5. The predicted octanol–water partition coefficient (Wildman–Crippen LogP) is 1.30. The van der Waals surface area contributed by atoms with E-state index in [2.05, 4.69) is 15.9 Å². The van der Waals surface area contributed by atoms with Gasteiger partial charge in [-0.3, -0.25) is 0 Å². The van der Waals surface area contributed by atoms with Crippen molar-refractivity contribution < 1.29 is 17.6 Å². The average molecular weight is 353 g/mol. The van der Waals surface area contributed by atoms with Crippen molar-refractivity contribution in [2.45, 2.75) is 30.3 Å². The average Bonchev–Trinajstić information content (AvgIpc) is 2.81. The van der Waals surface area contributed by atoms with Crippen LogP contribution in [0, 0.1) is 0 Å². The van der Waals surface area contributed by atoms with Gasteiger partial charge in [-0.15, -0.1) is 0 Å². The third kappa shape index (κ3) is 3.03. The standard InChI is InChI=1S/C11H17BrN2O4S/c1-14(8-2-4-17-5-3-8)19(15,16)10-6-9(7-13)18-11(10)12/h6,8H,2-5,7,13H2,1H3. The third-order valence-electron chi connectivity index (χ3n) is 3.27. The minimum absolute atomic E-state index is 0.0399. The highest BCUT2D eigenvalue weighted by Gasteiger charge is 2.32. The molecule has 0 atom stereocenters. The van der Waals surface area contributed by atoms with E-state index in [0.717, 1.165) is 0 Å². The zero-order valence-corrected chi connectivity index (χ0v) is 13.0. The first-order valence-corrected chi connectivity index (χ1v) is 8.24. The lowest BCUT2D eigenvalue weighted by atomic mass is 10.1. The molecule has 1 aliphatic rings.